The summed E-state index contributed by atoms with van der Waals surface area (Å²) < 4.78 is 91.4. The zero-order valence-electron chi connectivity index (χ0n) is 15.5. The van der Waals surface area contributed by atoms with E-state index in [1.54, 1.807) is 0 Å². The van der Waals surface area contributed by atoms with Crippen molar-refractivity contribution in [2.24, 2.45) is 0 Å². The highest BCUT2D eigenvalue weighted by molar-refractivity contribution is 7.71. The minimum absolute atomic E-state index is 0.371. The third-order valence-electron chi connectivity index (χ3n) is 3.86. The Labute approximate surface area is 185 Å². The zero-order chi connectivity index (χ0) is 25.6. The Bertz CT molecular complexity index is 1120. The minimum Gasteiger partial charge on any atom is -0.384 e. The summed E-state index contributed by atoms with van der Waals surface area (Å²) in [7, 11) is -17.6. The molecule has 16 nitrogen and oxygen atoms in total. The van der Waals surface area contributed by atoms with Gasteiger partial charge in [0.05, 0.1) is 0 Å². The number of nitrogen functional groups attached to an aromatic ring is 1. The molecule has 1 saturated heterocycles. The Hall–Kier alpha value is -0.820. The van der Waals surface area contributed by atoms with Crippen LogP contribution >= 0.6 is 35.7 Å². The predicted octanol–water partition coefficient (Wildman–Crippen LogP) is -0.0667. The van der Waals surface area contributed by atoms with Gasteiger partial charge in [0.15, 0.2) is 29.6 Å². The summed E-state index contributed by atoms with van der Waals surface area (Å²) in [6.45, 7) is -3.87. The molecule has 8 N–H and O–H groups in total. The van der Waals surface area contributed by atoms with Crippen molar-refractivity contribution in [2.45, 2.75) is 23.8 Å². The third kappa shape index (κ3) is 6.45. The number of ether oxygens (including phenoxy) is 1. The highest BCUT2D eigenvalue weighted by Gasteiger charge is 2.66. The van der Waals surface area contributed by atoms with Gasteiger partial charge in [-0.15, -0.1) is 0 Å². The van der Waals surface area contributed by atoms with Crippen LogP contribution in [0, 0.1) is 10.6 Å². The summed E-state index contributed by atoms with van der Waals surface area (Å²) in [5, 5.41) is 20.5. The van der Waals surface area contributed by atoms with Crippen LogP contribution in [0.5, 0.6) is 0 Å². The first-order valence-electron chi connectivity index (χ1n) is 7.91. The van der Waals surface area contributed by atoms with E-state index in [2.05, 4.69) is 22.9 Å². The molecule has 0 aliphatic carbocycles. The number of nitrogens with two attached hydrogens (primary N) is 1. The monoisotopic (exact) mass is 567 g/mol. The molecule has 0 radical (unpaired) electrons. The zero-order valence-corrected chi connectivity index (χ0v) is 19.0. The Morgan fingerprint density at radius 1 is 1.24 bits per heavy atom. The van der Waals surface area contributed by atoms with Gasteiger partial charge in [-0.2, -0.15) is 13.6 Å². The lowest BCUT2D eigenvalue weighted by molar-refractivity contribution is -0.204. The van der Waals surface area contributed by atoms with Gasteiger partial charge in [0.25, 0.3) is 5.85 Å². The van der Waals surface area contributed by atoms with E-state index in [1.165, 1.54) is 0 Å². The summed E-state index contributed by atoms with van der Waals surface area (Å²) in [4.78, 5) is 38.7. The molecule has 1 aromatic heterocycles. The average molecular weight is 567 g/mol. The largest absolute Gasteiger partial charge is 0.490 e. The standard InChI is InChI=1S/C10H15F3N3O13P3S/c11-2-9(18)6(17)10(13,27-7(9)16-1-4(12)5(14)15-8(16)33)3-26-31(22,23)29-32(24,25)28-30(19,20)21/h1,6-7,17-18H,2-3H2,(H,22,23)(H,24,25)(H2,14,15,33)(H2,19,20,21)/t6?,7-,9-,10-/m1/s1. The first kappa shape index (κ1) is 28.4. The second-order valence-electron chi connectivity index (χ2n) is 6.31. The fourth-order valence-electron chi connectivity index (χ4n) is 2.51. The molecule has 2 heterocycles. The predicted molar refractivity (Wildman–Crippen MR) is 98.1 cm³/mol. The molecule has 1 aliphatic rings. The number of rotatable bonds is 9. The third-order valence-corrected chi connectivity index (χ3v) is 7.94. The average Bonchev–Trinajstić information content (AvgIpc) is 2.82. The number of aliphatic hydroxyl groups is 2. The van der Waals surface area contributed by atoms with E-state index in [-0.39, 0.29) is 0 Å². The molecule has 0 amide bonds. The molecule has 0 saturated carbocycles. The van der Waals surface area contributed by atoms with Crippen molar-refractivity contribution in [3.8, 4) is 0 Å². The molecule has 1 fully saturated rings. The second kappa shape index (κ2) is 9.33. The molecule has 33 heavy (non-hydrogen) atoms. The van der Waals surface area contributed by atoms with Crippen molar-refractivity contribution >= 4 is 41.5 Å². The van der Waals surface area contributed by atoms with Crippen molar-refractivity contribution in [1.82, 2.24) is 9.55 Å². The topological polar surface area (TPSA) is 253 Å². The van der Waals surface area contributed by atoms with Crippen molar-refractivity contribution in [2.75, 3.05) is 19.0 Å². The van der Waals surface area contributed by atoms with Crippen LogP contribution in [-0.4, -0.2) is 70.2 Å². The Morgan fingerprint density at radius 2 is 1.82 bits per heavy atom. The van der Waals surface area contributed by atoms with E-state index in [9.17, 15) is 37.6 Å². The van der Waals surface area contributed by atoms with Gasteiger partial charge in [0.2, 0.25) is 4.77 Å². The second-order valence-corrected chi connectivity index (χ2v) is 11.1. The number of phosphoric acid groups is 3. The van der Waals surface area contributed by atoms with Crippen LogP contribution in [0.1, 0.15) is 6.23 Å². The summed E-state index contributed by atoms with van der Waals surface area (Å²) >= 11 is 4.74. The number of hydrogen-bond acceptors (Lipinski definition) is 12. The van der Waals surface area contributed by atoms with E-state index in [4.69, 9.17) is 32.6 Å². The molecule has 0 aromatic carbocycles. The van der Waals surface area contributed by atoms with Crippen molar-refractivity contribution in [1.29, 1.82) is 0 Å². The number of nitrogens with zero attached hydrogens (tertiary/aromatic N) is 2. The first-order chi connectivity index (χ1) is 14.8. The molecule has 3 unspecified atom stereocenters. The fraction of sp³-hybridized carbons (Fsp3) is 0.600. The fourth-order valence-corrected chi connectivity index (χ4v) is 5.79. The lowest BCUT2D eigenvalue weighted by Crippen LogP contribution is -2.52. The highest BCUT2D eigenvalue weighted by Crippen LogP contribution is 2.66. The van der Waals surface area contributed by atoms with Gasteiger partial charge in [-0.1, -0.05) is 0 Å². The normalized spacial score (nSPS) is 31.8. The molecule has 1 aromatic rings. The van der Waals surface area contributed by atoms with Gasteiger partial charge in [-0.05, 0) is 12.2 Å². The Kier molecular flexibility index (Phi) is 8.03. The maximum atomic E-state index is 15.2. The van der Waals surface area contributed by atoms with Crippen LogP contribution in [0.15, 0.2) is 6.20 Å². The minimum atomic E-state index is -5.96. The smallest absolute Gasteiger partial charge is 0.384 e. The van der Waals surface area contributed by atoms with Gasteiger partial charge in [-0.25, -0.2) is 26.9 Å². The molecule has 6 atom stereocenters. The van der Waals surface area contributed by atoms with E-state index >= 15 is 4.39 Å². The SMILES string of the molecule is Nc1nc(=S)n([C@@H]2O[C@](F)(COP(=O)(O)OP(=O)(O)OP(=O)(O)O)C(O)[C@]2(O)CF)cc1F. The molecule has 190 valence electrons. The lowest BCUT2D eigenvalue weighted by Gasteiger charge is -2.29. The van der Waals surface area contributed by atoms with Crippen LogP contribution in [0.25, 0.3) is 0 Å². The van der Waals surface area contributed by atoms with Gasteiger partial charge in [0, 0.05) is 6.20 Å². The number of aliphatic hydroxyl groups excluding tert-OH is 1. The maximum absolute atomic E-state index is 15.2. The summed E-state index contributed by atoms with van der Waals surface area (Å²) in [6, 6.07) is 0. The quantitative estimate of drug-likeness (QED) is 0.152. The van der Waals surface area contributed by atoms with Gasteiger partial charge >= 0.3 is 23.5 Å². The van der Waals surface area contributed by atoms with Crippen molar-refractivity contribution in [3.05, 3.63) is 16.8 Å². The molecule has 0 bridgehead atoms. The van der Waals surface area contributed by atoms with E-state index in [0.29, 0.717) is 10.8 Å². The van der Waals surface area contributed by atoms with E-state index in [0.717, 1.165) is 0 Å². The van der Waals surface area contributed by atoms with Gasteiger partial charge < -0.3 is 40.3 Å². The number of anilines is 1. The Balaban J connectivity index is 2.30. The molecular weight excluding hydrogens is 552 g/mol. The molecule has 2 rings (SSSR count). The van der Waals surface area contributed by atoms with E-state index in [1.807, 2.05) is 0 Å². The van der Waals surface area contributed by atoms with Crippen LogP contribution in [0.2, 0.25) is 0 Å². The summed E-state index contributed by atoms with van der Waals surface area (Å²) in [5.74, 6) is -5.77. The Morgan fingerprint density at radius 3 is 2.33 bits per heavy atom. The number of phosphoric ester groups is 1. The summed E-state index contributed by atoms with van der Waals surface area (Å²) in [6.07, 6.45) is -4.84. The van der Waals surface area contributed by atoms with Crippen molar-refractivity contribution < 1.29 is 74.5 Å². The summed E-state index contributed by atoms with van der Waals surface area (Å²) in [5.41, 5.74) is 1.98. The molecule has 1 aliphatic heterocycles. The molecule has 0 spiro atoms. The number of alkyl halides is 2. The number of halogens is 3. The molecule has 23 heteroatoms. The maximum Gasteiger partial charge on any atom is 0.490 e. The van der Waals surface area contributed by atoms with E-state index < -0.39 is 76.9 Å². The lowest BCUT2D eigenvalue weighted by atomic mass is 9.94. The molecular formula is C10H15F3N3O13P3S. The van der Waals surface area contributed by atoms with Crippen LogP contribution in [-0.2, 0) is 31.6 Å². The van der Waals surface area contributed by atoms with Crippen LogP contribution < -0.4 is 5.73 Å². The van der Waals surface area contributed by atoms with Crippen LogP contribution in [0.4, 0.5) is 19.0 Å². The number of aromatic nitrogens is 2. The highest BCUT2D eigenvalue weighted by atomic mass is 32.1. The van der Waals surface area contributed by atoms with Crippen LogP contribution in [0.3, 0.4) is 0 Å². The number of hydrogen-bond donors (Lipinski definition) is 7. The first-order valence-corrected chi connectivity index (χ1v) is 12.8. The van der Waals surface area contributed by atoms with Gasteiger partial charge in [-0.3, -0.25) is 9.09 Å². The van der Waals surface area contributed by atoms with Crippen molar-refractivity contribution in [3.63, 3.8) is 0 Å². The van der Waals surface area contributed by atoms with Gasteiger partial charge in [0.1, 0.15) is 13.3 Å².